The number of aromatic hydroxyl groups is 1. The largest absolute Gasteiger partial charge is 0.466 e. The number of aromatic nitrogens is 2. The summed E-state index contributed by atoms with van der Waals surface area (Å²) in [6.07, 6.45) is 1.40. The van der Waals surface area contributed by atoms with Gasteiger partial charge in [0.25, 0.3) is 0 Å². The van der Waals surface area contributed by atoms with Crippen molar-refractivity contribution in [2.24, 2.45) is 0 Å². The fourth-order valence-corrected chi connectivity index (χ4v) is 0.733. The third kappa shape index (κ3) is 0.495. The number of fused-ring (bicyclic) bond motifs is 1. The molecule has 0 aliphatic carbocycles. The van der Waals surface area contributed by atoms with E-state index in [2.05, 4.69) is 9.97 Å². The molecule has 2 rings (SSSR count). The highest BCUT2D eigenvalue weighted by molar-refractivity contribution is 5.68. The van der Waals surface area contributed by atoms with Crippen LogP contribution in [0.1, 0.15) is 0 Å². The van der Waals surface area contributed by atoms with Gasteiger partial charge >= 0.3 is 6.08 Å². The maximum absolute atomic E-state index is 8.65. The Bertz CT molecular complexity index is 294. The first-order valence-corrected chi connectivity index (χ1v) is 2.49. The van der Waals surface area contributed by atoms with Gasteiger partial charge in [0, 0.05) is 12.3 Å². The van der Waals surface area contributed by atoms with Crippen LogP contribution >= 0.6 is 0 Å². The van der Waals surface area contributed by atoms with Crippen molar-refractivity contribution in [3.63, 3.8) is 0 Å². The van der Waals surface area contributed by atoms with E-state index in [0.29, 0.717) is 11.2 Å². The van der Waals surface area contributed by atoms with Gasteiger partial charge in [0.15, 0.2) is 11.2 Å². The third-order valence-electron chi connectivity index (χ3n) is 1.10. The number of rotatable bonds is 0. The van der Waals surface area contributed by atoms with Crippen molar-refractivity contribution in [2.45, 2.75) is 0 Å². The molecule has 4 nitrogen and oxygen atoms in total. The summed E-state index contributed by atoms with van der Waals surface area (Å²) in [4.78, 5) is 6.38. The van der Waals surface area contributed by atoms with Crippen molar-refractivity contribution in [3.8, 4) is 6.08 Å². The lowest BCUT2D eigenvalue weighted by Crippen LogP contribution is -1.62. The van der Waals surface area contributed by atoms with Crippen LogP contribution in [-0.2, 0) is 0 Å². The summed E-state index contributed by atoms with van der Waals surface area (Å²) in [5, 5.41) is 8.65. The van der Waals surface area contributed by atoms with Crippen LogP contribution in [0.4, 0.5) is 0 Å². The molecule has 0 aliphatic heterocycles. The highest BCUT2D eigenvalue weighted by Crippen LogP contribution is 2.16. The Hall–Kier alpha value is -1.45. The molecule has 0 bridgehead atoms. The summed E-state index contributed by atoms with van der Waals surface area (Å²) in [5.74, 6) is 0. The first-order chi connectivity index (χ1) is 4.36. The molecule has 0 spiro atoms. The smallest absolute Gasteiger partial charge is 0.393 e. The summed E-state index contributed by atoms with van der Waals surface area (Å²) in [5.41, 5.74) is 1.15. The summed E-state index contributed by atoms with van der Waals surface area (Å²) in [6.45, 7) is 0. The molecule has 9 heavy (non-hydrogen) atoms. The topological polar surface area (TPSA) is 62.1 Å². The number of hydrogen-bond acceptors (Lipinski definition) is 3. The molecule has 0 saturated carbocycles. The summed E-state index contributed by atoms with van der Waals surface area (Å²) >= 11 is 0. The van der Waals surface area contributed by atoms with E-state index in [9.17, 15) is 0 Å². The van der Waals surface area contributed by atoms with Crippen molar-refractivity contribution in [2.75, 3.05) is 0 Å². The molecule has 2 aromatic rings. The fraction of sp³-hybridized carbons (Fsp3) is 0. The van der Waals surface area contributed by atoms with Gasteiger partial charge in [0.1, 0.15) is 0 Å². The number of nitrogens with zero attached hydrogens (tertiary/aromatic N) is 1. The second-order valence-electron chi connectivity index (χ2n) is 1.69. The molecule has 2 heterocycles. The summed E-state index contributed by atoms with van der Waals surface area (Å²) < 4.78 is 4.72. The fourth-order valence-electron chi connectivity index (χ4n) is 0.733. The van der Waals surface area contributed by atoms with Crippen LogP contribution in [0.15, 0.2) is 16.7 Å². The number of hydrogen-bond donors (Lipinski definition) is 2. The van der Waals surface area contributed by atoms with Crippen molar-refractivity contribution in [1.29, 1.82) is 0 Å². The molecule has 2 aromatic heterocycles. The lowest BCUT2D eigenvalue weighted by molar-refractivity contribution is 0.328. The van der Waals surface area contributed by atoms with Crippen LogP contribution in [0.3, 0.4) is 0 Å². The van der Waals surface area contributed by atoms with Gasteiger partial charge < -0.3 is 14.5 Å². The minimum Gasteiger partial charge on any atom is -0.466 e. The van der Waals surface area contributed by atoms with Gasteiger partial charge in [-0.2, -0.15) is 4.98 Å². The number of H-pyrrole nitrogens is 1. The molecular formula is C5H4N2O2. The molecular weight excluding hydrogens is 120 g/mol. The normalized spacial score (nSPS) is 10.7. The van der Waals surface area contributed by atoms with Crippen molar-refractivity contribution in [1.82, 2.24) is 9.97 Å². The zero-order chi connectivity index (χ0) is 6.27. The Labute approximate surface area is 50.1 Å². The molecule has 0 aliphatic rings. The molecule has 0 radical (unpaired) electrons. The average Bonchev–Trinajstić information content (AvgIpc) is 2.22. The van der Waals surface area contributed by atoms with E-state index in [4.69, 9.17) is 9.52 Å². The van der Waals surface area contributed by atoms with Crippen molar-refractivity contribution < 1.29 is 9.52 Å². The lowest BCUT2D eigenvalue weighted by Gasteiger charge is -1.70. The Morgan fingerprint density at radius 1 is 1.67 bits per heavy atom. The van der Waals surface area contributed by atoms with Gasteiger partial charge in [0.05, 0.1) is 0 Å². The minimum atomic E-state index is -0.295. The van der Waals surface area contributed by atoms with E-state index in [1.807, 2.05) is 0 Å². The predicted molar refractivity (Wildman–Crippen MR) is 30.0 cm³/mol. The summed E-state index contributed by atoms with van der Waals surface area (Å²) in [7, 11) is 0. The van der Waals surface area contributed by atoms with E-state index in [1.165, 1.54) is 0 Å². The highest BCUT2D eigenvalue weighted by atomic mass is 16.5. The van der Waals surface area contributed by atoms with E-state index in [-0.39, 0.29) is 6.08 Å². The molecule has 0 amide bonds. The lowest BCUT2D eigenvalue weighted by atomic mass is 10.6. The molecule has 2 N–H and O–H groups in total. The van der Waals surface area contributed by atoms with Gasteiger partial charge in [-0.1, -0.05) is 0 Å². The maximum Gasteiger partial charge on any atom is 0.393 e. The van der Waals surface area contributed by atoms with Gasteiger partial charge in [0.2, 0.25) is 0 Å². The SMILES string of the molecule is Oc1nc2[nH]ccc2o1. The third-order valence-corrected chi connectivity index (χ3v) is 1.10. The van der Waals surface area contributed by atoms with Gasteiger partial charge in [-0.05, 0) is 0 Å². The first kappa shape index (κ1) is 4.43. The highest BCUT2D eigenvalue weighted by Gasteiger charge is 2.01. The van der Waals surface area contributed by atoms with Crippen LogP contribution in [0.25, 0.3) is 11.2 Å². The molecule has 0 saturated heterocycles. The van der Waals surface area contributed by atoms with Crippen LogP contribution in [0.2, 0.25) is 0 Å². The summed E-state index contributed by atoms with van der Waals surface area (Å²) in [6, 6.07) is 1.70. The maximum atomic E-state index is 8.65. The zero-order valence-corrected chi connectivity index (χ0v) is 4.46. The van der Waals surface area contributed by atoms with Gasteiger partial charge in [-0.15, -0.1) is 0 Å². The van der Waals surface area contributed by atoms with Crippen LogP contribution in [0, 0.1) is 0 Å². The molecule has 0 unspecified atom stereocenters. The monoisotopic (exact) mass is 124 g/mol. The zero-order valence-electron chi connectivity index (χ0n) is 4.46. The quantitative estimate of drug-likeness (QED) is 0.547. The van der Waals surface area contributed by atoms with Crippen molar-refractivity contribution in [3.05, 3.63) is 12.3 Å². The Morgan fingerprint density at radius 2 is 2.56 bits per heavy atom. The molecule has 46 valence electrons. The van der Waals surface area contributed by atoms with Crippen molar-refractivity contribution >= 4 is 11.2 Å². The van der Waals surface area contributed by atoms with E-state index in [0.717, 1.165) is 0 Å². The van der Waals surface area contributed by atoms with E-state index >= 15 is 0 Å². The van der Waals surface area contributed by atoms with Gasteiger partial charge in [-0.3, -0.25) is 0 Å². The number of nitrogens with one attached hydrogen (secondary N) is 1. The number of aromatic amines is 1. The Balaban J connectivity index is 2.92. The standard InChI is InChI=1S/C5H4N2O2/c8-5-7-4-3(9-5)1-2-6-4/h1-2,6H,(H,7,8). The minimum absolute atomic E-state index is 0.295. The molecule has 0 aromatic carbocycles. The predicted octanol–water partition coefficient (Wildman–Crippen LogP) is 0.861. The van der Waals surface area contributed by atoms with Crippen LogP contribution in [-0.4, -0.2) is 15.1 Å². The number of oxazole rings is 1. The van der Waals surface area contributed by atoms with E-state index < -0.39 is 0 Å². The molecule has 4 heteroatoms. The van der Waals surface area contributed by atoms with Crippen LogP contribution < -0.4 is 0 Å². The van der Waals surface area contributed by atoms with Gasteiger partial charge in [-0.25, -0.2) is 0 Å². The second-order valence-corrected chi connectivity index (χ2v) is 1.69. The van der Waals surface area contributed by atoms with Crippen LogP contribution in [0.5, 0.6) is 6.08 Å². The first-order valence-electron chi connectivity index (χ1n) is 2.49. The average molecular weight is 124 g/mol. The molecule has 0 fully saturated rings. The Kier molecular flexibility index (Phi) is 0.631. The van der Waals surface area contributed by atoms with E-state index in [1.54, 1.807) is 12.3 Å². The molecule has 0 atom stereocenters. The Morgan fingerprint density at radius 3 is 3.33 bits per heavy atom. The second kappa shape index (κ2) is 1.28.